The molecule has 1 aromatic rings. The first-order chi connectivity index (χ1) is 5.83. The van der Waals surface area contributed by atoms with E-state index in [1.807, 2.05) is 0 Å². The molecule has 1 rings (SSSR count). The topological polar surface area (TPSA) is 31.4 Å². The van der Waals surface area contributed by atoms with E-state index in [2.05, 4.69) is 4.98 Å². The van der Waals surface area contributed by atoms with Crippen molar-refractivity contribution in [1.82, 2.24) is 4.98 Å². The Bertz CT molecular complexity index is 225. The van der Waals surface area contributed by atoms with Gasteiger partial charge in [-0.25, -0.2) is 9.37 Å². The number of hydrogen-bond donors (Lipinski definition) is 0. The quantitative estimate of drug-likeness (QED) is 0.639. The minimum Gasteiger partial charge on any atom is -0.475 e. The molecular formula is C8H10FNO2. The maximum absolute atomic E-state index is 12.3. The van der Waals surface area contributed by atoms with Crippen LogP contribution in [-0.2, 0) is 4.74 Å². The lowest BCUT2D eigenvalue weighted by molar-refractivity contribution is 0.143. The number of hydrogen-bond acceptors (Lipinski definition) is 3. The van der Waals surface area contributed by atoms with Crippen LogP contribution in [0.1, 0.15) is 0 Å². The second-order valence-electron chi connectivity index (χ2n) is 2.16. The van der Waals surface area contributed by atoms with Gasteiger partial charge in [0.2, 0.25) is 5.88 Å². The summed E-state index contributed by atoms with van der Waals surface area (Å²) in [7, 11) is 1.58. The van der Waals surface area contributed by atoms with E-state index in [4.69, 9.17) is 9.47 Å². The molecule has 12 heavy (non-hydrogen) atoms. The van der Waals surface area contributed by atoms with Gasteiger partial charge in [-0.05, 0) is 6.07 Å². The lowest BCUT2D eigenvalue weighted by Crippen LogP contribution is -2.05. The molecule has 0 radical (unpaired) electrons. The Labute approximate surface area is 70.1 Å². The summed E-state index contributed by atoms with van der Waals surface area (Å²) in [5.74, 6) is 0.0440. The SMILES string of the molecule is COCCOc1ccc(F)cn1. The number of rotatable bonds is 4. The zero-order valence-electron chi connectivity index (χ0n) is 6.79. The van der Waals surface area contributed by atoms with E-state index in [1.54, 1.807) is 7.11 Å². The Morgan fingerprint density at radius 3 is 2.83 bits per heavy atom. The molecule has 0 unspecified atom stereocenters. The van der Waals surface area contributed by atoms with Crippen molar-refractivity contribution >= 4 is 0 Å². The van der Waals surface area contributed by atoms with Crippen LogP contribution < -0.4 is 4.74 Å². The van der Waals surface area contributed by atoms with Crippen LogP contribution in [0, 0.1) is 5.82 Å². The van der Waals surface area contributed by atoms with Crippen LogP contribution in [0.3, 0.4) is 0 Å². The zero-order chi connectivity index (χ0) is 8.81. The molecule has 0 aliphatic heterocycles. The number of pyridine rings is 1. The molecule has 0 spiro atoms. The van der Waals surface area contributed by atoms with Gasteiger partial charge >= 0.3 is 0 Å². The molecular weight excluding hydrogens is 161 g/mol. The summed E-state index contributed by atoms with van der Waals surface area (Å²) in [6.07, 6.45) is 1.11. The first-order valence-electron chi connectivity index (χ1n) is 3.56. The maximum atomic E-state index is 12.3. The third-order valence-electron chi connectivity index (χ3n) is 1.24. The van der Waals surface area contributed by atoms with Crippen molar-refractivity contribution in [2.45, 2.75) is 0 Å². The predicted molar refractivity (Wildman–Crippen MR) is 41.6 cm³/mol. The summed E-state index contributed by atoms with van der Waals surface area (Å²) in [5, 5.41) is 0. The van der Waals surface area contributed by atoms with Crippen LogP contribution in [0.2, 0.25) is 0 Å². The predicted octanol–water partition coefficient (Wildman–Crippen LogP) is 1.25. The molecule has 0 aliphatic carbocycles. The highest BCUT2D eigenvalue weighted by Gasteiger charge is 1.94. The van der Waals surface area contributed by atoms with Crippen LogP contribution in [-0.4, -0.2) is 25.3 Å². The maximum Gasteiger partial charge on any atom is 0.213 e. The van der Waals surface area contributed by atoms with Gasteiger partial charge in [0.25, 0.3) is 0 Å². The highest BCUT2D eigenvalue weighted by molar-refractivity contribution is 5.10. The summed E-state index contributed by atoms with van der Waals surface area (Å²) in [6.45, 7) is 0.925. The van der Waals surface area contributed by atoms with E-state index >= 15 is 0 Å². The largest absolute Gasteiger partial charge is 0.475 e. The lowest BCUT2D eigenvalue weighted by atomic mass is 10.5. The summed E-state index contributed by atoms with van der Waals surface area (Å²) >= 11 is 0. The van der Waals surface area contributed by atoms with Crippen LogP contribution >= 0.6 is 0 Å². The normalized spacial score (nSPS) is 9.83. The number of ether oxygens (including phenoxy) is 2. The van der Waals surface area contributed by atoms with Gasteiger partial charge in [0, 0.05) is 13.2 Å². The highest BCUT2D eigenvalue weighted by Crippen LogP contribution is 2.05. The monoisotopic (exact) mass is 171 g/mol. The van der Waals surface area contributed by atoms with Crippen LogP contribution in [0.25, 0.3) is 0 Å². The molecule has 0 amide bonds. The average Bonchev–Trinajstić information content (AvgIpc) is 2.09. The smallest absolute Gasteiger partial charge is 0.213 e. The summed E-state index contributed by atoms with van der Waals surface area (Å²) in [6, 6.07) is 2.78. The Morgan fingerprint density at radius 1 is 1.42 bits per heavy atom. The molecule has 1 heterocycles. The fraction of sp³-hybridized carbons (Fsp3) is 0.375. The van der Waals surface area contributed by atoms with Gasteiger partial charge in [-0.3, -0.25) is 0 Å². The molecule has 0 saturated heterocycles. The van der Waals surface area contributed by atoms with Gasteiger partial charge in [-0.1, -0.05) is 0 Å². The Kier molecular flexibility index (Phi) is 3.47. The van der Waals surface area contributed by atoms with Gasteiger partial charge in [-0.15, -0.1) is 0 Å². The summed E-state index contributed by atoms with van der Waals surface area (Å²) < 4.78 is 22.2. The fourth-order valence-electron chi connectivity index (χ4n) is 0.677. The van der Waals surface area contributed by atoms with E-state index in [-0.39, 0.29) is 5.82 Å². The Morgan fingerprint density at radius 2 is 2.25 bits per heavy atom. The lowest BCUT2D eigenvalue weighted by Gasteiger charge is -2.02. The minimum atomic E-state index is -0.367. The van der Waals surface area contributed by atoms with E-state index in [0.717, 1.165) is 6.20 Å². The van der Waals surface area contributed by atoms with E-state index in [0.29, 0.717) is 19.1 Å². The van der Waals surface area contributed by atoms with Gasteiger partial charge in [0.05, 0.1) is 12.8 Å². The molecule has 1 aromatic heterocycles. The molecule has 66 valence electrons. The standard InChI is InChI=1S/C8H10FNO2/c1-11-4-5-12-8-3-2-7(9)6-10-8/h2-3,6H,4-5H2,1H3. The number of aromatic nitrogens is 1. The van der Waals surface area contributed by atoms with Crippen molar-refractivity contribution < 1.29 is 13.9 Å². The van der Waals surface area contributed by atoms with Crippen molar-refractivity contribution in [3.63, 3.8) is 0 Å². The van der Waals surface area contributed by atoms with Crippen molar-refractivity contribution in [3.05, 3.63) is 24.1 Å². The van der Waals surface area contributed by atoms with Crippen LogP contribution in [0.15, 0.2) is 18.3 Å². The second kappa shape index (κ2) is 4.66. The van der Waals surface area contributed by atoms with Crippen molar-refractivity contribution in [2.75, 3.05) is 20.3 Å². The molecule has 0 atom stereocenters. The molecule has 0 N–H and O–H groups in total. The van der Waals surface area contributed by atoms with E-state index in [1.165, 1.54) is 12.1 Å². The molecule has 0 bridgehead atoms. The highest BCUT2D eigenvalue weighted by atomic mass is 19.1. The average molecular weight is 171 g/mol. The zero-order valence-corrected chi connectivity index (χ0v) is 6.79. The first kappa shape index (κ1) is 8.93. The van der Waals surface area contributed by atoms with E-state index in [9.17, 15) is 4.39 Å². The number of halogens is 1. The van der Waals surface area contributed by atoms with Crippen molar-refractivity contribution in [1.29, 1.82) is 0 Å². The summed E-state index contributed by atoms with van der Waals surface area (Å²) in [5.41, 5.74) is 0. The molecule has 4 heteroatoms. The van der Waals surface area contributed by atoms with Crippen LogP contribution in [0.5, 0.6) is 5.88 Å². The molecule has 0 saturated carbocycles. The van der Waals surface area contributed by atoms with Crippen molar-refractivity contribution in [3.8, 4) is 5.88 Å². The van der Waals surface area contributed by atoms with Gasteiger partial charge < -0.3 is 9.47 Å². The first-order valence-corrected chi connectivity index (χ1v) is 3.56. The summed E-state index contributed by atoms with van der Waals surface area (Å²) in [4.78, 5) is 3.70. The third kappa shape index (κ3) is 2.84. The molecule has 3 nitrogen and oxygen atoms in total. The number of nitrogens with zero attached hydrogens (tertiary/aromatic N) is 1. The van der Waals surface area contributed by atoms with E-state index < -0.39 is 0 Å². The van der Waals surface area contributed by atoms with Gasteiger partial charge in [-0.2, -0.15) is 0 Å². The van der Waals surface area contributed by atoms with Gasteiger partial charge in [0.15, 0.2) is 0 Å². The van der Waals surface area contributed by atoms with Crippen LogP contribution in [0.4, 0.5) is 4.39 Å². The van der Waals surface area contributed by atoms with Crippen molar-refractivity contribution in [2.24, 2.45) is 0 Å². The molecule has 0 fully saturated rings. The molecule has 0 aliphatic rings. The minimum absolute atomic E-state index is 0.367. The number of methoxy groups -OCH3 is 1. The fourth-order valence-corrected chi connectivity index (χ4v) is 0.677. The second-order valence-corrected chi connectivity index (χ2v) is 2.16. The van der Waals surface area contributed by atoms with Gasteiger partial charge in [0.1, 0.15) is 12.4 Å². The third-order valence-corrected chi connectivity index (χ3v) is 1.24. The Hall–Kier alpha value is -1.16. The Balaban J connectivity index is 2.37. The molecule has 0 aromatic carbocycles.